The third-order valence-corrected chi connectivity index (χ3v) is 4.05. The number of fused-ring (bicyclic) bond motifs is 1. The lowest BCUT2D eigenvalue weighted by Gasteiger charge is -2.24. The van der Waals surface area contributed by atoms with E-state index in [1.165, 1.54) is 17.7 Å². The minimum atomic E-state index is 0.717. The fourth-order valence-corrected chi connectivity index (χ4v) is 2.90. The van der Waals surface area contributed by atoms with Crippen molar-refractivity contribution in [2.45, 2.75) is 32.6 Å². The molecular weight excluding hydrogens is 260 g/mol. The first-order chi connectivity index (χ1) is 10.3. The predicted octanol–water partition coefficient (Wildman–Crippen LogP) is 2.18. The molecule has 4 nitrogen and oxygen atoms in total. The molecule has 1 aliphatic carbocycles. The number of nitrogens with zero attached hydrogens (tertiary/aromatic N) is 3. The number of pyridine rings is 1. The summed E-state index contributed by atoms with van der Waals surface area (Å²) in [6.45, 7) is 4.30. The molecule has 110 valence electrons. The van der Waals surface area contributed by atoms with Crippen LogP contribution in [0.1, 0.15) is 36.1 Å². The molecule has 0 radical (unpaired) electrons. The smallest absolute Gasteiger partial charge is 0.134 e. The quantitative estimate of drug-likeness (QED) is 0.913. The zero-order valence-electron chi connectivity index (χ0n) is 12.5. The molecule has 2 aromatic heterocycles. The highest BCUT2D eigenvalue weighted by Crippen LogP contribution is 2.23. The second kappa shape index (κ2) is 6.76. The Morgan fingerprint density at radius 2 is 2.24 bits per heavy atom. The molecule has 0 spiro atoms. The number of hydrogen-bond acceptors (Lipinski definition) is 4. The van der Waals surface area contributed by atoms with Crippen molar-refractivity contribution in [1.82, 2.24) is 20.3 Å². The van der Waals surface area contributed by atoms with Gasteiger partial charge in [-0.1, -0.05) is 13.0 Å². The summed E-state index contributed by atoms with van der Waals surface area (Å²) in [4.78, 5) is 13.6. The van der Waals surface area contributed by atoms with Crippen molar-refractivity contribution in [2.24, 2.45) is 5.92 Å². The molecule has 1 unspecified atom stereocenters. The van der Waals surface area contributed by atoms with Crippen molar-refractivity contribution >= 4 is 0 Å². The first-order valence-electron chi connectivity index (χ1n) is 7.79. The predicted molar refractivity (Wildman–Crippen MR) is 83.1 cm³/mol. The van der Waals surface area contributed by atoms with Crippen LogP contribution in [0, 0.1) is 5.92 Å². The summed E-state index contributed by atoms with van der Waals surface area (Å²) in [5.41, 5.74) is 3.59. The molecule has 0 aliphatic heterocycles. The highest BCUT2D eigenvalue weighted by atomic mass is 14.9. The zero-order valence-corrected chi connectivity index (χ0v) is 12.5. The molecule has 0 saturated heterocycles. The number of aromatic nitrogens is 3. The number of hydrogen-bond donors (Lipinski definition) is 1. The van der Waals surface area contributed by atoms with Gasteiger partial charge in [0.2, 0.25) is 0 Å². The third-order valence-electron chi connectivity index (χ3n) is 4.05. The van der Waals surface area contributed by atoms with E-state index in [0.717, 1.165) is 49.8 Å². The van der Waals surface area contributed by atoms with Gasteiger partial charge >= 0.3 is 0 Å². The normalized spacial score (nSPS) is 17.5. The average Bonchev–Trinajstić information content (AvgIpc) is 2.54. The van der Waals surface area contributed by atoms with E-state index < -0.39 is 0 Å². The van der Waals surface area contributed by atoms with E-state index in [-0.39, 0.29) is 0 Å². The average molecular weight is 282 g/mol. The molecule has 0 aromatic carbocycles. The number of aryl methyl sites for hydroxylation is 1. The molecule has 1 atom stereocenters. The van der Waals surface area contributed by atoms with Gasteiger partial charge in [-0.15, -0.1) is 0 Å². The summed E-state index contributed by atoms with van der Waals surface area (Å²) in [7, 11) is 0. The Bertz CT molecular complexity index is 583. The molecule has 4 heteroatoms. The standard InChI is InChI=1S/C17H22N4/c1-2-18-11-13-6-7-16-14(9-13)12-20-17(21-16)10-15-5-3-4-8-19-15/h3-5,8,12-13,18H,2,6-7,9-11H2,1H3. The van der Waals surface area contributed by atoms with E-state index in [2.05, 4.69) is 22.2 Å². The Morgan fingerprint density at radius 1 is 1.29 bits per heavy atom. The van der Waals surface area contributed by atoms with Gasteiger partial charge in [0.05, 0.1) is 6.42 Å². The van der Waals surface area contributed by atoms with Crippen molar-refractivity contribution in [1.29, 1.82) is 0 Å². The van der Waals surface area contributed by atoms with Gasteiger partial charge in [0.15, 0.2) is 0 Å². The van der Waals surface area contributed by atoms with Gasteiger partial charge in [0, 0.05) is 23.8 Å². The van der Waals surface area contributed by atoms with E-state index >= 15 is 0 Å². The molecule has 0 bridgehead atoms. The summed E-state index contributed by atoms with van der Waals surface area (Å²) in [5.74, 6) is 1.61. The Kier molecular flexibility index (Phi) is 4.55. The Morgan fingerprint density at radius 3 is 3.05 bits per heavy atom. The van der Waals surface area contributed by atoms with Crippen LogP contribution in [0.3, 0.4) is 0 Å². The summed E-state index contributed by atoms with van der Waals surface area (Å²) < 4.78 is 0. The van der Waals surface area contributed by atoms with E-state index in [9.17, 15) is 0 Å². The molecule has 0 amide bonds. The highest BCUT2D eigenvalue weighted by Gasteiger charge is 2.20. The molecule has 2 heterocycles. The van der Waals surface area contributed by atoms with Crippen LogP contribution in [0.15, 0.2) is 30.6 Å². The van der Waals surface area contributed by atoms with Gasteiger partial charge in [-0.2, -0.15) is 0 Å². The van der Waals surface area contributed by atoms with Crippen molar-refractivity contribution in [2.75, 3.05) is 13.1 Å². The van der Waals surface area contributed by atoms with Crippen molar-refractivity contribution < 1.29 is 0 Å². The van der Waals surface area contributed by atoms with Gasteiger partial charge in [-0.3, -0.25) is 4.98 Å². The lowest BCUT2D eigenvalue weighted by Crippen LogP contribution is -2.27. The largest absolute Gasteiger partial charge is 0.317 e. The van der Waals surface area contributed by atoms with Crippen LogP contribution in [0.25, 0.3) is 0 Å². The first-order valence-corrected chi connectivity index (χ1v) is 7.79. The third kappa shape index (κ3) is 3.64. The van der Waals surface area contributed by atoms with Crippen molar-refractivity contribution in [3.05, 3.63) is 53.4 Å². The summed E-state index contributed by atoms with van der Waals surface area (Å²) in [6.07, 6.45) is 7.96. The number of rotatable bonds is 5. The van der Waals surface area contributed by atoms with E-state index in [1.54, 1.807) is 0 Å². The lowest BCUT2D eigenvalue weighted by atomic mass is 9.87. The minimum absolute atomic E-state index is 0.717. The molecule has 3 rings (SSSR count). The van der Waals surface area contributed by atoms with Crippen LogP contribution < -0.4 is 5.32 Å². The Hall–Kier alpha value is -1.81. The van der Waals surface area contributed by atoms with Crippen LogP contribution in [0.4, 0.5) is 0 Å². The van der Waals surface area contributed by atoms with Crippen LogP contribution >= 0.6 is 0 Å². The highest BCUT2D eigenvalue weighted by molar-refractivity contribution is 5.22. The van der Waals surface area contributed by atoms with E-state index in [4.69, 9.17) is 4.98 Å². The monoisotopic (exact) mass is 282 g/mol. The summed E-state index contributed by atoms with van der Waals surface area (Å²) >= 11 is 0. The molecule has 0 saturated carbocycles. The maximum Gasteiger partial charge on any atom is 0.134 e. The first kappa shape index (κ1) is 14.1. The molecule has 21 heavy (non-hydrogen) atoms. The Balaban J connectivity index is 1.69. The van der Waals surface area contributed by atoms with Crippen LogP contribution in [-0.4, -0.2) is 28.0 Å². The Labute approximate surface area is 126 Å². The molecule has 1 aliphatic rings. The van der Waals surface area contributed by atoms with Crippen LogP contribution in [-0.2, 0) is 19.3 Å². The maximum absolute atomic E-state index is 4.75. The van der Waals surface area contributed by atoms with Crippen molar-refractivity contribution in [3.63, 3.8) is 0 Å². The van der Waals surface area contributed by atoms with Crippen molar-refractivity contribution in [3.8, 4) is 0 Å². The summed E-state index contributed by atoms with van der Waals surface area (Å²) in [6, 6.07) is 5.96. The van der Waals surface area contributed by atoms with Gasteiger partial charge in [-0.25, -0.2) is 9.97 Å². The summed E-state index contributed by atoms with van der Waals surface area (Å²) in [5, 5.41) is 3.44. The fourth-order valence-electron chi connectivity index (χ4n) is 2.90. The number of nitrogens with one attached hydrogen (secondary N) is 1. The second-order valence-corrected chi connectivity index (χ2v) is 5.67. The minimum Gasteiger partial charge on any atom is -0.317 e. The van der Waals surface area contributed by atoms with Gasteiger partial charge < -0.3 is 5.32 Å². The fraction of sp³-hybridized carbons (Fsp3) is 0.471. The van der Waals surface area contributed by atoms with Crippen LogP contribution in [0.2, 0.25) is 0 Å². The molecule has 0 fully saturated rings. The van der Waals surface area contributed by atoms with Gasteiger partial charge in [0.25, 0.3) is 0 Å². The molecule has 1 N–H and O–H groups in total. The topological polar surface area (TPSA) is 50.7 Å². The lowest BCUT2D eigenvalue weighted by molar-refractivity contribution is 0.423. The molecular formula is C17H22N4. The SMILES string of the molecule is CCNCC1CCc2nc(Cc3ccccn3)ncc2C1. The van der Waals surface area contributed by atoms with Gasteiger partial charge in [-0.05, 0) is 56.0 Å². The van der Waals surface area contributed by atoms with Gasteiger partial charge in [0.1, 0.15) is 5.82 Å². The van der Waals surface area contributed by atoms with E-state index in [1.807, 2.05) is 30.6 Å². The van der Waals surface area contributed by atoms with Crippen LogP contribution in [0.5, 0.6) is 0 Å². The maximum atomic E-state index is 4.75. The molecule has 2 aromatic rings. The zero-order chi connectivity index (χ0) is 14.5. The second-order valence-electron chi connectivity index (χ2n) is 5.67. The van der Waals surface area contributed by atoms with E-state index in [0.29, 0.717) is 0 Å².